The van der Waals surface area contributed by atoms with E-state index in [-0.39, 0.29) is 17.9 Å². The molecule has 2 fully saturated rings. The van der Waals surface area contributed by atoms with Crippen molar-refractivity contribution in [2.45, 2.75) is 76.9 Å². The Morgan fingerprint density at radius 3 is 2.26 bits per heavy atom. The Kier molecular flexibility index (Phi) is 3.94. The molecule has 1 N–H and O–H groups in total. The minimum Gasteiger partial charge on any atom is -0.310 e. The van der Waals surface area contributed by atoms with Gasteiger partial charge in [-0.25, -0.2) is 0 Å². The molecule has 2 aliphatic rings. The molecule has 4 nitrogen and oxygen atoms in total. The molecular weight excluding hydrogens is 260 g/mol. The summed E-state index contributed by atoms with van der Waals surface area (Å²) < 4.78 is 2.44. The van der Waals surface area contributed by atoms with Gasteiger partial charge in [0.25, 0.3) is 0 Å². The molecule has 0 spiro atoms. The lowest BCUT2D eigenvalue weighted by Crippen LogP contribution is -2.43. The van der Waals surface area contributed by atoms with Crippen molar-refractivity contribution in [2.75, 3.05) is 0 Å². The second-order valence-corrected chi connectivity index (χ2v) is 6.68. The first-order valence-electron chi connectivity index (χ1n) is 7.22. The highest BCUT2D eigenvalue weighted by Gasteiger charge is 2.39. The summed E-state index contributed by atoms with van der Waals surface area (Å²) in [6.45, 7) is 8.79. The lowest BCUT2D eigenvalue weighted by molar-refractivity contribution is 0.332. The zero-order chi connectivity index (χ0) is 12.9. The molecule has 0 atom stereocenters. The highest BCUT2D eigenvalue weighted by molar-refractivity contribution is 5.85. The summed E-state index contributed by atoms with van der Waals surface area (Å²) in [6.07, 6.45) is 5.18. The fraction of sp³-hybridized carbons (Fsp3) is 0.857. The Balaban J connectivity index is 0.00000133. The summed E-state index contributed by atoms with van der Waals surface area (Å²) in [5.74, 6) is 3.05. The standard InChI is InChI=1S/C14H24N4.ClH/c1-9(2)15-14(3,4)13-17-16-12(10-5-6-10)18(13)11-7-8-11;/h9-11,15H,5-8H2,1-4H3;1H. The third-order valence-corrected chi connectivity index (χ3v) is 3.79. The van der Waals surface area contributed by atoms with E-state index >= 15 is 0 Å². The Hall–Kier alpha value is -0.610. The number of nitrogens with zero attached hydrogens (tertiary/aromatic N) is 3. The third kappa shape index (κ3) is 2.95. The smallest absolute Gasteiger partial charge is 0.153 e. The van der Waals surface area contributed by atoms with Gasteiger partial charge < -0.3 is 9.88 Å². The number of rotatable bonds is 5. The lowest BCUT2D eigenvalue weighted by atomic mass is 10.0. The van der Waals surface area contributed by atoms with E-state index in [4.69, 9.17) is 0 Å². The van der Waals surface area contributed by atoms with Crippen LogP contribution in [0.4, 0.5) is 0 Å². The zero-order valence-corrected chi connectivity index (χ0v) is 13.1. The molecule has 108 valence electrons. The normalized spacial score (nSPS) is 19.6. The van der Waals surface area contributed by atoms with Crippen molar-refractivity contribution in [3.63, 3.8) is 0 Å². The molecule has 1 aromatic rings. The molecule has 1 heterocycles. The first-order chi connectivity index (χ1) is 8.49. The van der Waals surface area contributed by atoms with Crippen LogP contribution in [0.3, 0.4) is 0 Å². The average Bonchev–Trinajstić information content (AvgIpc) is 3.15. The van der Waals surface area contributed by atoms with Crippen LogP contribution < -0.4 is 5.32 Å². The maximum Gasteiger partial charge on any atom is 0.153 e. The molecular formula is C14H25ClN4. The highest BCUT2D eigenvalue weighted by Crippen LogP contribution is 2.45. The molecule has 0 aliphatic heterocycles. The third-order valence-electron chi connectivity index (χ3n) is 3.79. The molecule has 0 bridgehead atoms. The van der Waals surface area contributed by atoms with E-state index in [1.54, 1.807) is 0 Å². The van der Waals surface area contributed by atoms with E-state index in [0.717, 1.165) is 5.82 Å². The first kappa shape index (κ1) is 14.8. The quantitative estimate of drug-likeness (QED) is 0.903. The number of hydrogen-bond acceptors (Lipinski definition) is 3. The highest BCUT2D eigenvalue weighted by atomic mass is 35.5. The molecule has 2 aliphatic carbocycles. The Bertz CT molecular complexity index is 444. The molecule has 19 heavy (non-hydrogen) atoms. The fourth-order valence-corrected chi connectivity index (χ4v) is 2.83. The predicted octanol–water partition coefficient (Wildman–Crippen LogP) is 3.15. The first-order valence-corrected chi connectivity index (χ1v) is 7.22. The van der Waals surface area contributed by atoms with Gasteiger partial charge in [0, 0.05) is 18.0 Å². The van der Waals surface area contributed by atoms with Gasteiger partial charge in [-0.2, -0.15) is 0 Å². The summed E-state index contributed by atoms with van der Waals surface area (Å²) in [5.41, 5.74) is -0.100. The topological polar surface area (TPSA) is 42.7 Å². The van der Waals surface area contributed by atoms with Crippen molar-refractivity contribution < 1.29 is 0 Å². The van der Waals surface area contributed by atoms with Crippen LogP contribution in [0.15, 0.2) is 0 Å². The van der Waals surface area contributed by atoms with E-state index in [1.165, 1.54) is 31.5 Å². The Morgan fingerprint density at radius 2 is 1.79 bits per heavy atom. The summed E-state index contributed by atoms with van der Waals surface area (Å²) >= 11 is 0. The molecule has 5 heteroatoms. The van der Waals surface area contributed by atoms with E-state index in [2.05, 4.69) is 47.8 Å². The molecule has 0 saturated heterocycles. The van der Waals surface area contributed by atoms with Crippen LogP contribution in [-0.4, -0.2) is 20.8 Å². The van der Waals surface area contributed by atoms with Crippen molar-refractivity contribution in [3.05, 3.63) is 11.6 Å². The molecule has 0 radical (unpaired) electrons. The van der Waals surface area contributed by atoms with E-state index < -0.39 is 0 Å². The van der Waals surface area contributed by atoms with E-state index in [0.29, 0.717) is 18.0 Å². The van der Waals surface area contributed by atoms with E-state index in [1.807, 2.05) is 0 Å². The lowest BCUT2D eigenvalue weighted by Gasteiger charge is -2.28. The zero-order valence-electron chi connectivity index (χ0n) is 12.3. The number of hydrogen-bond donors (Lipinski definition) is 1. The largest absolute Gasteiger partial charge is 0.310 e. The maximum absolute atomic E-state index is 4.51. The van der Waals surface area contributed by atoms with Gasteiger partial charge in [-0.15, -0.1) is 22.6 Å². The number of halogens is 1. The van der Waals surface area contributed by atoms with Crippen LogP contribution in [0.5, 0.6) is 0 Å². The Morgan fingerprint density at radius 1 is 1.16 bits per heavy atom. The molecule has 0 amide bonds. The van der Waals surface area contributed by atoms with Crippen LogP contribution >= 0.6 is 12.4 Å². The summed E-state index contributed by atoms with van der Waals surface area (Å²) in [4.78, 5) is 0. The van der Waals surface area contributed by atoms with Crippen LogP contribution in [0.25, 0.3) is 0 Å². The summed E-state index contributed by atoms with van der Waals surface area (Å²) in [7, 11) is 0. The number of nitrogens with one attached hydrogen (secondary N) is 1. The summed E-state index contributed by atoms with van der Waals surface area (Å²) in [5, 5.41) is 12.6. The van der Waals surface area contributed by atoms with Gasteiger partial charge >= 0.3 is 0 Å². The molecule has 3 rings (SSSR count). The van der Waals surface area contributed by atoms with Crippen LogP contribution in [0, 0.1) is 0 Å². The second kappa shape index (κ2) is 5.06. The predicted molar refractivity (Wildman–Crippen MR) is 78.8 cm³/mol. The van der Waals surface area contributed by atoms with Crippen LogP contribution in [-0.2, 0) is 5.54 Å². The Labute approximate surface area is 121 Å². The van der Waals surface area contributed by atoms with Gasteiger partial charge in [0.2, 0.25) is 0 Å². The van der Waals surface area contributed by atoms with Crippen LogP contribution in [0.1, 0.15) is 77.0 Å². The molecule has 2 saturated carbocycles. The van der Waals surface area contributed by atoms with Crippen molar-refractivity contribution in [1.82, 2.24) is 20.1 Å². The van der Waals surface area contributed by atoms with Crippen molar-refractivity contribution >= 4 is 12.4 Å². The van der Waals surface area contributed by atoms with Gasteiger partial charge in [0.05, 0.1) is 5.54 Å². The van der Waals surface area contributed by atoms with Crippen LogP contribution in [0.2, 0.25) is 0 Å². The van der Waals surface area contributed by atoms with Gasteiger partial charge in [0.1, 0.15) is 5.82 Å². The second-order valence-electron chi connectivity index (χ2n) is 6.68. The van der Waals surface area contributed by atoms with Gasteiger partial charge in [0.15, 0.2) is 5.82 Å². The maximum atomic E-state index is 4.51. The molecule has 0 aromatic carbocycles. The van der Waals surface area contributed by atoms with E-state index in [9.17, 15) is 0 Å². The molecule has 1 aromatic heterocycles. The van der Waals surface area contributed by atoms with Crippen molar-refractivity contribution in [2.24, 2.45) is 0 Å². The fourth-order valence-electron chi connectivity index (χ4n) is 2.83. The monoisotopic (exact) mass is 284 g/mol. The minimum absolute atomic E-state index is 0. The summed E-state index contributed by atoms with van der Waals surface area (Å²) in [6, 6.07) is 1.12. The van der Waals surface area contributed by atoms with Gasteiger partial charge in [-0.3, -0.25) is 0 Å². The average molecular weight is 285 g/mol. The van der Waals surface area contributed by atoms with Crippen molar-refractivity contribution in [3.8, 4) is 0 Å². The minimum atomic E-state index is -0.100. The van der Waals surface area contributed by atoms with Crippen molar-refractivity contribution in [1.29, 1.82) is 0 Å². The SMILES string of the molecule is CC(C)NC(C)(C)c1nnc(C2CC2)n1C1CC1.Cl. The molecule has 0 unspecified atom stereocenters. The number of aromatic nitrogens is 3. The van der Waals surface area contributed by atoms with Gasteiger partial charge in [-0.1, -0.05) is 0 Å². The van der Waals surface area contributed by atoms with Gasteiger partial charge in [-0.05, 0) is 53.4 Å².